The van der Waals surface area contributed by atoms with E-state index < -0.39 is 40.2 Å². The fraction of sp³-hybridized carbons (Fsp3) is 0.355. The van der Waals surface area contributed by atoms with Crippen molar-refractivity contribution in [1.29, 1.82) is 0 Å². The number of carbonyl (C=O) groups is 2. The molecule has 0 unspecified atom stereocenters. The van der Waals surface area contributed by atoms with Crippen LogP contribution in [0.1, 0.15) is 51.0 Å². The Kier molecular flexibility index (Phi) is 10.1. The van der Waals surface area contributed by atoms with Gasteiger partial charge in [0.25, 0.3) is 10.0 Å². The second-order valence-electron chi connectivity index (χ2n) is 10.2. The van der Waals surface area contributed by atoms with Crippen LogP contribution in [-0.2, 0) is 26.2 Å². The standard InChI is InChI=1S/C31H35F2N3O4S/c1-2-29(31(38)34-26-9-5-3-6-10-26)35(21-23-13-15-24(32)16-14-23)30(37)22-36(27-19-17-25(33)18-20-27)41(39,40)28-11-7-4-8-12-28/h4,7-8,11-20,26,29H,2-3,5-6,9-10,21-22H2,1H3,(H,34,38)/t29-/m0/s1. The highest BCUT2D eigenvalue weighted by atomic mass is 32.2. The van der Waals surface area contributed by atoms with Crippen molar-refractivity contribution >= 4 is 27.5 Å². The third-order valence-corrected chi connectivity index (χ3v) is 9.12. The van der Waals surface area contributed by atoms with Crippen LogP contribution in [0.4, 0.5) is 14.5 Å². The lowest BCUT2D eigenvalue weighted by Crippen LogP contribution is -2.54. The Labute approximate surface area is 240 Å². The average Bonchev–Trinajstić information content (AvgIpc) is 2.98. The van der Waals surface area contributed by atoms with E-state index in [4.69, 9.17) is 0 Å². The summed E-state index contributed by atoms with van der Waals surface area (Å²) >= 11 is 0. The molecule has 0 spiro atoms. The summed E-state index contributed by atoms with van der Waals surface area (Å²) in [6.45, 7) is 1.13. The monoisotopic (exact) mass is 583 g/mol. The van der Waals surface area contributed by atoms with Gasteiger partial charge in [-0.15, -0.1) is 0 Å². The van der Waals surface area contributed by atoms with Gasteiger partial charge in [-0.1, -0.05) is 56.5 Å². The van der Waals surface area contributed by atoms with Crippen molar-refractivity contribution in [3.8, 4) is 0 Å². The summed E-state index contributed by atoms with van der Waals surface area (Å²) < 4.78 is 55.8. The molecule has 0 radical (unpaired) electrons. The van der Waals surface area contributed by atoms with Gasteiger partial charge < -0.3 is 10.2 Å². The molecule has 0 saturated heterocycles. The van der Waals surface area contributed by atoms with Crippen LogP contribution >= 0.6 is 0 Å². The number of rotatable bonds is 11. The largest absolute Gasteiger partial charge is 0.352 e. The van der Waals surface area contributed by atoms with E-state index in [1.807, 2.05) is 0 Å². The normalized spacial score (nSPS) is 14.7. The maximum atomic E-state index is 14.0. The lowest BCUT2D eigenvalue weighted by molar-refractivity contribution is -0.140. The van der Waals surface area contributed by atoms with Gasteiger partial charge in [0.15, 0.2) is 0 Å². The van der Waals surface area contributed by atoms with E-state index in [0.717, 1.165) is 48.5 Å². The molecular formula is C31H35F2N3O4S. The van der Waals surface area contributed by atoms with Gasteiger partial charge in [-0.2, -0.15) is 0 Å². The van der Waals surface area contributed by atoms with Crippen LogP contribution in [0, 0.1) is 11.6 Å². The molecule has 0 bridgehead atoms. The number of sulfonamides is 1. The maximum Gasteiger partial charge on any atom is 0.264 e. The van der Waals surface area contributed by atoms with Crippen molar-refractivity contribution in [2.75, 3.05) is 10.8 Å². The summed E-state index contributed by atoms with van der Waals surface area (Å²) in [5.41, 5.74) is 0.688. The van der Waals surface area contributed by atoms with Gasteiger partial charge in [0, 0.05) is 12.6 Å². The van der Waals surface area contributed by atoms with E-state index >= 15 is 0 Å². The first-order valence-corrected chi connectivity index (χ1v) is 15.3. The molecule has 2 amide bonds. The molecular weight excluding hydrogens is 548 g/mol. The van der Waals surface area contributed by atoms with E-state index in [2.05, 4.69) is 5.32 Å². The third-order valence-electron chi connectivity index (χ3n) is 7.33. The Morgan fingerprint density at radius 1 is 0.878 bits per heavy atom. The highest BCUT2D eigenvalue weighted by Gasteiger charge is 2.34. The van der Waals surface area contributed by atoms with Gasteiger partial charge in [-0.25, -0.2) is 17.2 Å². The number of benzene rings is 3. The molecule has 1 aliphatic carbocycles. The molecule has 10 heteroatoms. The van der Waals surface area contributed by atoms with E-state index in [-0.39, 0.29) is 35.5 Å². The zero-order valence-corrected chi connectivity index (χ0v) is 23.8. The van der Waals surface area contributed by atoms with Gasteiger partial charge in [-0.05, 0) is 73.4 Å². The predicted octanol–water partition coefficient (Wildman–Crippen LogP) is 5.42. The number of hydrogen-bond donors (Lipinski definition) is 1. The van der Waals surface area contributed by atoms with Crippen molar-refractivity contribution < 1.29 is 26.8 Å². The molecule has 41 heavy (non-hydrogen) atoms. The van der Waals surface area contributed by atoms with Gasteiger partial charge in [0.1, 0.15) is 24.2 Å². The zero-order valence-electron chi connectivity index (χ0n) is 23.0. The smallest absolute Gasteiger partial charge is 0.264 e. The maximum absolute atomic E-state index is 14.0. The number of nitrogens with one attached hydrogen (secondary N) is 1. The number of carbonyl (C=O) groups excluding carboxylic acids is 2. The van der Waals surface area contributed by atoms with Crippen LogP contribution in [0.2, 0.25) is 0 Å². The van der Waals surface area contributed by atoms with Crippen molar-refractivity contribution in [3.05, 3.63) is 96.1 Å². The minimum Gasteiger partial charge on any atom is -0.352 e. The summed E-state index contributed by atoms with van der Waals surface area (Å²) in [5, 5.41) is 3.08. The van der Waals surface area contributed by atoms with E-state index in [1.54, 1.807) is 25.1 Å². The second kappa shape index (κ2) is 13.7. The molecule has 3 aromatic carbocycles. The fourth-order valence-electron chi connectivity index (χ4n) is 5.11. The lowest BCUT2D eigenvalue weighted by atomic mass is 9.95. The second-order valence-corrected chi connectivity index (χ2v) is 12.1. The number of halogens is 2. The number of anilines is 1. The van der Waals surface area contributed by atoms with Gasteiger partial charge >= 0.3 is 0 Å². The molecule has 3 aromatic rings. The quantitative estimate of drug-likeness (QED) is 0.327. The number of amides is 2. The third kappa shape index (κ3) is 7.70. The molecule has 1 aliphatic rings. The van der Waals surface area contributed by atoms with Crippen molar-refractivity contribution in [2.45, 2.75) is 69.0 Å². The summed E-state index contributed by atoms with van der Waals surface area (Å²) in [4.78, 5) is 28.8. The Morgan fingerprint density at radius 3 is 2.05 bits per heavy atom. The van der Waals surface area contributed by atoms with Crippen LogP contribution in [0.3, 0.4) is 0 Å². The molecule has 0 heterocycles. The Morgan fingerprint density at radius 2 is 1.46 bits per heavy atom. The van der Waals surface area contributed by atoms with Crippen LogP contribution in [0.25, 0.3) is 0 Å². The van der Waals surface area contributed by atoms with Gasteiger partial charge in [0.05, 0.1) is 10.6 Å². The minimum absolute atomic E-state index is 0.0160. The van der Waals surface area contributed by atoms with E-state index in [0.29, 0.717) is 5.56 Å². The van der Waals surface area contributed by atoms with Crippen LogP contribution in [-0.4, -0.2) is 43.8 Å². The zero-order chi connectivity index (χ0) is 29.4. The van der Waals surface area contributed by atoms with E-state index in [1.165, 1.54) is 53.4 Å². The van der Waals surface area contributed by atoms with Crippen LogP contribution in [0.5, 0.6) is 0 Å². The van der Waals surface area contributed by atoms with Crippen molar-refractivity contribution in [3.63, 3.8) is 0 Å². The molecule has 218 valence electrons. The van der Waals surface area contributed by atoms with Crippen LogP contribution < -0.4 is 9.62 Å². The highest BCUT2D eigenvalue weighted by Crippen LogP contribution is 2.25. The molecule has 0 aliphatic heterocycles. The number of hydrogen-bond acceptors (Lipinski definition) is 4. The minimum atomic E-state index is -4.24. The molecule has 1 N–H and O–H groups in total. The summed E-state index contributed by atoms with van der Waals surface area (Å²) in [6.07, 6.45) is 5.17. The Hall–Kier alpha value is -3.79. The predicted molar refractivity (Wildman–Crippen MR) is 153 cm³/mol. The Balaban J connectivity index is 1.68. The first-order chi connectivity index (χ1) is 19.7. The van der Waals surface area contributed by atoms with Gasteiger partial charge in [0.2, 0.25) is 11.8 Å². The van der Waals surface area contributed by atoms with Gasteiger partial charge in [-0.3, -0.25) is 13.9 Å². The topological polar surface area (TPSA) is 86.8 Å². The van der Waals surface area contributed by atoms with E-state index in [9.17, 15) is 26.8 Å². The highest BCUT2D eigenvalue weighted by molar-refractivity contribution is 7.92. The summed E-state index contributed by atoms with van der Waals surface area (Å²) in [6, 6.07) is 17.2. The molecule has 7 nitrogen and oxygen atoms in total. The molecule has 0 aromatic heterocycles. The number of nitrogens with zero attached hydrogens (tertiary/aromatic N) is 2. The Bertz CT molecular complexity index is 1410. The van der Waals surface area contributed by atoms with Crippen molar-refractivity contribution in [2.24, 2.45) is 0 Å². The first kappa shape index (κ1) is 30.2. The first-order valence-electron chi connectivity index (χ1n) is 13.9. The van der Waals surface area contributed by atoms with Crippen LogP contribution in [0.15, 0.2) is 83.8 Å². The molecule has 1 saturated carbocycles. The van der Waals surface area contributed by atoms with Crippen molar-refractivity contribution in [1.82, 2.24) is 10.2 Å². The lowest BCUT2D eigenvalue weighted by Gasteiger charge is -2.34. The summed E-state index contributed by atoms with van der Waals surface area (Å²) in [7, 11) is -4.24. The SMILES string of the molecule is CC[C@@H](C(=O)NC1CCCCC1)N(Cc1ccc(F)cc1)C(=O)CN(c1ccc(F)cc1)S(=O)(=O)c1ccccc1. The molecule has 1 atom stereocenters. The fourth-order valence-corrected chi connectivity index (χ4v) is 6.54. The average molecular weight is 584 g/mol. The molecule has 4 rings (SSSR count). The summed E-state index contributed by atoms with van der Waals surface area (Å²) in [5.74, 6) is -1.93. The molecule has 1 fully saturated rings.